The number of nitriles is 1. The van der Waals surface area contributed by atoms with Crippen LogP contribution in [0.4, 0.5) is 5.69 Å². The third-order valence-electron chi connectivity index (χ3n) is 4.58. The van der Waals surface area contributed by atoms with Crippen LogP contribution in [0.25, 0.3) is 0 Å². The average Bonchev–Trinajstić information content (AvgIpc) is 2.71. The summed E-state index contributed by atoms with van der Waals surface area (Å²) >= 11 is 0. The highest BCUT2D eigenvalue weighted by atomic mass is 16.2. The Balaban J connectivity index is 1.87. The Morgan fingerprint density at radius 3 is 2.56 bits per heavy atom. The molecule has 0 atom stereocenters. The molecular formula is C20H20N4O3. The largest absolute Gasteiger partial charge is 0.339 e. The predicted molar refractivity (Wildman–Crippen MR) is 101 cm³/mol. The Kier molecular flexibility index (Phi) is 5.36. The number of aryl methyl sites for hydroxylation is 1. The van der Waals surface area contributed by atoms with Crippen molar-refractivity contribution < 1.29 is 9.59 Å². The van der Waals surface area contributed by atoms with Gasteiger partial charge < -0.3 is 14.8 Å². The molecule has 27 heavy (non-hydrogen) atoms. The monoisotopic (exact) mass is 364 g/mol. The fourth-order valence-electron chi connectivity index (χ4n) is 3.12. The molecule has 2 amide bonds. The standard InChI is InChI=1S/C20H20N4O3/c1-23-13-16(19(26)24-8-3-2-4-9-24)11-17(20(23)27)22-18(25)15-7-5-6-14(10-15)12-21/h5-7,10-11,13H,2-4,8-9H2,1H3,(H,22,25). The van der Waals surface area contributed by atoms with Crippen molar-refractivity contribution in [2.24, 2.45) is 7.05 Å². The van der Waals surface area contributed by atoms with Crippen molar-refractivity contribution in [2.75, 3.05) is 18.4 Å². The fraction of sp³-hybridized carbons (Fsp3) is 0.300. The minimum absolute atomic E-state index is 0.0349. The molecule has 1 aliphatic heterocycles. The van der Waals surface area contributed by atoms with Gasteiger partial charge in [-0.05, 0) is 43.5 Å². The van der Waals surface area contributed by atoms with E-state index in [4.69, 9.17) is 5.26 Å². The van der Waals surface area contributed by atoms with Gasteiger partial charge in [0.25, 0.3) is 17.4 Å². The number of amides is 2. The Morgan fingerprint density at radius 1 is 1.11 bits per heavy atom. The molecule has 7 nitrogen and oxygen atoms in total. The van der Waals surface area contributed by atoms with Gasteiger partial charge in [0.1, 0.15) is 5.69 Å². The molecule has 2 heterocycles. The molecule has 0 radical (unpaired) electrons. The van der Waals surface area contributed by atoms with Crippen LogP contribution in [0.5, 0.6) is 0 Å². The molecule has 0 spiro atoms. The van der Waals surface area contributed by atoms with Crippen LogP contribution in [0.1, 0.15) is 45.5 Å². The van der Waals surface area contributed by atoms with Gasteiger partial charge in [-0.1, -0.05) is 6.07 Å². The highest BCUT2D eigenvalue weighted by molar-refractivity contribution is 6.05. The summed E-state index contributed by atoms with van der Waals surface area (Å²) in [5.41, 5.74) is 0.608. The zero-order chi connectivity index (χ0) is 19.4. The second kappa shape index (κ2) is 7.87. The normalized spacial score (nSPS) is 13.7. The molecule has 1 aromatic carbocycles. The number of carbonyl (C=O) groups is 2. The topological polar surface area (TPSA) is 95.2 Å². The van der Waals surface area contributed by atoms with Gasteiger partial charge in [-0.2, -0.15) is 5.26 Å². The molecule has 0 unspecified atom stereocenters. The Morgan fingerprint density at radius 2 is 1.85 bits per heavy atom. The lowest BCUT2D eigenvalue weighted by atomic mass is 10.1. The van der Waals surface area contributed by atoms with Gasteiger partial charge in [0.2, 0.25) is 0 Å². The number of nitrogens with zero attached hydrogens (tertiary/aromatic N) is 3. The maximum absolute atomic E-state index is 12.7. The molecule has 3 rings (SSSR count). The lowest BCUT2D eigenvalue weighted by Gasteiger charge is -2.27. The molecule has 1 N–H and O–H groups in total. The molecule has 1 saturated heterocycles. The summed E-state index contributed by atoms with van der Waals surface area (Å²) in [6, 6.07) is 9.59. The summed E-state index contributed by atoms with van der Waals surface area (Å²) in [5.74, 6) is -0.654. The lowest BCUT2D eigenvalue weighted by Crippen LogP contribution is -2.36. The highest BCUT2D eigenvalue weighted by Crippen LogP contribution is 2.15. The fourth-order valence-corrected chi connectivity index (χ4v) is 3.12. The van der Waals surface area contributed by atoms with Crippen molar-refractivity contribution in [3.05, 3.63) is 63.6 Å². The van der Waals surface area contributed by atoms with Gasteiger partial charge >= 0.3 is 0 Å². The summed E-state index contributed by atoms with van der Waals surface area (Å²) in [7, 11) is 1.54. The van der Waals surface area contributed by atoms with Crippen molar-refractivity contribution in [3.8, 4) is 6.07 Å². The molecule has 1 aliphatic rings. The third kappa shape index (κ3) is 4.06. The quantitative estimate of drug-likeness (QED) is 0.902. The van der Waals surface area contributed by atoms with Gasteiger partial charge in [-0.25, -0.2) is 0 Å². The molecule has 1 fully saturated rings. The maximum atomic E-state index is 12.7. The SMILES string of the molecule is Cn1cc(C(=O)N2CCCCC2)cc(NC(=O)c2cccc(C#N)c2)c1=O. The Hall–Kier alpha value is -3.40. The van der Waals surface area contributed by atoms with Crippen LogP contribution in [-0.2, 0) is 7.05 Å². The van der Waals surface area contributed by atoms with E-state index in [1.807, 2.05) is 6.07 Å². The van der Waals surface area contributed by atoms with Crippen LogP contribution < -0.4 is 10.9 Å². The molecule has 1 aromatic heterocycles. The predicted octanol–water partition coefficient (Wildman–Crippen LogP) is 2.14. The van der Waals surface area contributed by atoms with Gasteiger partial charge in [0.15, 0.2) is 0 Å². The minimum Gasteiger partial charge on any atom is -0.339 e. The van der Waals surface area contributed by atoms with Crippen LogP contribution in [-0.4, -0.2) is 34.4 Å². The number of hydrogen-bond acceptors (Lipinski definition) is 4. The number of piperidine rings is 1. The van der Waals surface area contributed by atoms with E-state index in [0.717, 1.165) is 19.3 Å². The lowest BCUT2D eigenvalue weighted by molar-refractivity contribution is 0.0723. The molecule has 0 saturated carbocycles. The Bertz CT molecular complexity index is 981. The average molecular weight is 364 g/mol. The second-order valence-corrected chi connectivity index (χ2v) is 6.56. The van der Waals surface area contributed by atoms with Crippen molar-refractivity contribution in [2.45, 2.75) is 19.3 Å². The third-order valence-corrected chi connectivity index (χ3v) is 4.58. The number of likely N-dealkylation sites (tertiary alicyclic amines) is 1. The van der Waals surface area contributed by atoms with Crippen LogP contribution in [0, 0.1) is 11.3 Å². The number of pyridine rings is 1. The van der Waals surface area contributed by atoms with Crippen LogP contribution in [0.3, 0.4) is 0 Å². The van der Waals surface area contributed by atoms with Gasteiger partial charge in [0.05, 0.1) is 17.2 Å². The number of hydrogen-bond donors (Lipinski definition) is 1. The number of anilines is 1. The first kappa shape index (κ1) is 18.4. The van der Waals surface area contributed by atoms with Crippen LogP contribution in [0.15, 0.2) is 41.3 Å². The first-order chi connectivity index (χ1) is 13.0. The molecule has 0 aliphatic carbocycles. The van der Waals surface area contributed by atoms with Crippen molar-refractivity contribution in [1.29, 1.82) is 5.26 Å². The summed E-state index contributed by atoms with van der Waals surface area (Å²) < 4.78 is 1.29. The minimum atomic E-state index is -0.508. The van der Waals surface area contributed by atoms with E-state index in [1.54, 1.807) is 30.1 Å². The van der Waals surface area contributed by atoms with Crippen LogP contribution >= 0.6 is 0 Å². The van der Waals surface area contributed by atoms with Crippen molar-refractivity contribution >= 4 is 17.5 Å². The summed E-state index contributed by atoms with van der Waals surface area (Å²) in [4.78, 5) is 39.3. The molecule has 2 aromatic rings. The number of carbonyl (C=O) groups excluding carboxylic acids is 2. The Labute approximate surface area is 156 Å². The van der Waals surface area contributed by atoms with E-state index in [0.29, 0.717) is 24.2 Å². The zero-order valence-electron chi connectivity index (χ0n) is 15.1. The van der Waals surface area contributed by atoms with E-state index < -0.39 is 11.5 Å². The highest BCUT2D eigenvalue weighted by Gasteiger charge is 2.20. The second-order valence-electron chi connectivity index (χ2n) is 6.56. The first-order valence-corrected chi connectivity index (χ1v) is 8.81. The number of benzene rings is 1. The van der Waals surface area contributed by atoms with E-state index in [1.165, 1.54) is 22.9 Å². The number of nitrogens with one attached hydrogen (secondary N) is 1. The molecule has 7 heteroatoms. The smallest absolute Gasteiger partial charge is 0.274 e. The first-order valence-electron chi connectivity index (χ1n) is 8.81. The number of aromatic nitrogens is 1. The maximum Gasteiger partial charge on any atom is 0.274 e. The van der Waals surface area contributed by atoms with Crippen LogP contribution in [0.2, 0.25) is 0 Å². The van der Waals surface area contributed by atoms with Crippen molar-refractivity contribution in [3.63, 3.8) is 0 Å². The van der Waals surface area contributed by atoms with E-state index >= 15 is 0 Å². The summed E-state index contributed by atoms with van der Waals surface area (Å²) in [6.07, 6.45) is 4.54. The van der Waals surface area contributed by atoms with Gasteiger partial charge in [-0.3, -0.25) is 14.4 Å². The van der Waals surface area contributed by atoms with E-state index in [-0.39, 0.29) is 17.2 Å². The van der Waals surface area contributed by atoms with Crippen molar-refractivity contribution in [1.82, 2.24) is 9.47 Å². The zero-order valence-corrected chi connectivity index (χ0v) is 15.1. The summed E-state index contributed by atoms with van der Waals surface area (Å²) in [5, 5.41) is 11.5. The molecular weight excluding hydrogens is 344 g/mol. The number of rotatable bonds is 3. The summed E-state index contributed by atoms with van der Waals surface area (Å²) in [6.45, 7) is 1.40. The van der Waals surface area contributed by atoms with E-state index in [2.05, 4.69) is 5.32 Å². The van der Waals surface area contributed by atoms with Gasteiger partial charge in [-0.15, -0.1) is 0 Å². The van der Waals surface area contributed by atoms with E-state index in [9.17, 15) is 14.4 Å². The molecule has 138 valence electrons. The van der Waals surface area contributed by atoms with Gasteiger partial charge in [0, 0.05) is 31.9 Å². The molecule has 0 bridgehead atoms.